The number of hydrogen-bond acceptors (Lipinski definition) is 3. The van der Waals surface area contributed by atoms with Crippen LogP contribution in [0.1, 0.15) is 6.42 Å². The van der Waals surface area contributed by atoms with Gasteiger partial charge in [-0.15, -0.1) is 0 Å². The Bertz CT molecular complexity index is 494. The Morgan fingerprint density at radius 3 is 1.38 bits per heavy atom. The van der Waals surface area contributed by atoms with Crippen molar-refractivity contribution >= 4 is 32.5 Å². The molecule has 0 saturated carbocycles. The van der Waals surface area contributed by atoms with Crippen LogP contribution in [0.3, 0.4) is 0 Å². The molecule has 0 aromatic carbocycles. The van der Waals surface area contributed by atoms with Gasteiger partial charge in [-0.2, -0.15) is 0 Å². The molecule has 0 fully saturated rings. The van der Waals surface area contributed by atoms with Gasteiger partial charge in [0.1, 0.15) is 0 Å². The number of halogens is 12. The first-order valence-electron chi connectivity index (χ1n) is 5.43. The van der Waals surface area contributed by atoms with Gasteiger partial charge in [0.15, 0.2) is 0 Å². The Hall–Kier alpha value is -0.722. The molecule has 0 radical (unpaired) electrons. The Morgan fingerprint density at radius 2 is 1.12 bits per heavy atom. The first-order valence-corrected chi connectivity index (χ1v) is 8.99. The molecule has 1 aliphatic rings. The molecule has 1 atom stereocenters. The zero-order chi connectivity index (χ0) is 19.1. The molecular weight excluding hydrogens is 488 g/mol. The summed E-state index contributed by atoms with van der Waals surface area (Å²) in [5, 5.41) is 0. The second-order valence-corrected chi connectivity index (χ2v) is 7.76. The van der Waals surface area contributed by atoms with Crippen molar-refractivity contribution in [1.29, 1.82) is 0 Å². The van der Waals surface area contributed by atoms with Crippen molar-refractivity contribution in [1.82, 2.24) is 3.48 Å². The summed E-state index contributed by atoms with van der Waals surface area (Å²) in [5.74, 6) is 0. The van der Waals surface area contributed by atoms with E-state index in [0.29, 0.717) is 0 Å². The van der Waals surface area contributed by atoms with Gasteiger partial charge in [0, 0.05) is 0 Å². The van der Waals surface area contributed by atoms with Gasteiger partial charge in [0.05, 0.1) is 0 Å². The molecule has 0 bridgehead atoms. The SMILES string of the molecule is FC(F)(F)CC([NH][Sb]1[N]=C(C(F)(F)F)C(C(F)(F)F)=[N]1)C(F)(F)F. The molecule has 1 unspecified atom stereocenters. The number of alkyl halides is 12. The number of nitrogens with zero attached hydrogens (tertiary/aromatic N) is 2. The Labute approximate surface area is 132 Å². The summed E-state index contributed by atoms with van der Waals surface area (Å²) in [6.07, 6.45) is -24.8. The van der Waals surface area contributed by atoms with Gasteiger partial charge < -0.3 is 0 Å². The molecule has 0 saturated heterocycles. The van der Waals surface area contributed by atoms with E-state index in [9.17, 15) is 52.7 Å². The molecule has 140 valence electrons. The monoisotopic (exact) mass is 491 g/mol. The van der Waals surface area contributed by atoms with Gasteiger partial charge in [0.2, 0.25) is 0 Å². The molecule has 0 aromatic rings. The van der Waals surface area contributed by atoms with Gasteiger partial charge in [-0.1, -0.05) is 0 Å². The number of rotatable bonds is 3. The Balaban J connectivity index is 3.13. The van der Waals surface area contributed by atoms with Crippen LogP contribution in [0.15, 0.2) is 6.30 Å². The van der Waals surface area contributed by atoms with E-state index in [2.05, 4.69) is 6.30 Å². The third-order valence-corrected chi connectivity index (χ3v) is 6.02. The fraction of sp³-hybridized carbons (Fsp3) is 0.750. The summed E-state index contributed by atoms with van der Waals surface area (Å²) in [5.41, 5.74) is -5.09. The molecule has 0 aromatic heterocycles. The van der Waals surface area contributed by atoms with E-state index in [4.69, 9.17) is 0 Å². The summed E-state index contributed by atoms with van der Waals surface area (Å²) in [7, 11) is 0. The van der Waals surface area contributed by atoms with Gasteiger partial charge in [0.25, 0.3) is 0 Å². The van der Waals surface area contributed by atoms with Crippen LogP contribution in [0.2, 0.25) is 0 Å². The zero-order valence-electron chi connectivity index (χ0n) is 10.7. The quantitative estimate of drug-likeness (QED) is 0.476. The predicted octanol–water partition coefficient (Wildman–Crippen LogP) is 3.46. The maximum atomic E-state index is 12.5. The molecule has 3 nitrogen and oxygen atoms in total. The molecule has 1 N–H and O–H groups in total. The van der Waals surface area contributed by atoms with Crippen LogP contribution in [0.5, 0.6) is 0 Å². The van der Waals surface area contributed by atoms with E-state index in [0.717, 1.165) is 3.48 Å². The molecule has 0 amide bonds. The van der Waals surface area contributed by atoms with Gasteiger partial charge >= 0.3 is 132 Å². The van der Waals surface area contributed by atoms with Crippen LogP contribution in [-0.4, -0.2) is 63.2 Å². The average Bonchev–Trinajstić information content (AvgIpc) is 2.68. The maximum absolute atomic E-state index is 12.5. The molecule has 1 aliphatic heterocycles. The van der Waals surface area contributed by atoms with Gasteiger partial charge in [-0.05, 0) is 0 Å². The summed E-state index contributed by atoms with van der Waals surface area (Å²) in [6, 6.07) is -3.41. The second kappa shape index (κ2) is 6.54. The summed E-state index contributed by atoms with van der Waals surface area (Å²) >= 11 is -4.88. The van der Waals surface area contributed by atoms with Crippen molar-refractivity contribution in [3.63, 3.8) is 0 Å². The molecule has 1 rings (SSSR count). The van der Waals surface area contributed by atoms with Crippen molar-refractivity contribution in [2.75, 3.05) is 0 Å². The van der Waals surface area contributed by atoms with E-state index in [1.165, 1.54) is 0 Å². The Kier molecular flexibility index (Phi) is 5.81. The summed E-state index contributed by atoms with van der Waals surface area (Å²) in [4.78, 5) is 0. The third-order valence-electron chi connectivity index (χ3n) is 2.25. The van der Waals surface area contributed by atoms with Crippen LogP contribution in [0, 0.1) is 0 Å². The molecular formula is C8H4F12N3Sb. The Morgan fingerprint density at radius 1 is 0.750 bits per heavy atom. The van der Waals surface area contributed by atoms with E-state index in [1.807, 2.05) is 0 Å². The topological polar surface area (TPSA) is 36.8 Å². The van der Waals surface area contributed by atoms with Crippen LogP contribution in [0.4, 0.5) is 52.7 Å². The van der Waals surface area contributed by atoms with Crippen molar-refractivity contribution in [3.8, 4) is 0 Å². The van der Waals surface area contributed by atoms with Crippen molar-refractivity contribution < 1.29 is 52.7 Å². The van der Waals surface area contributed by atoms with Crippen LogP contribution in [-0.2, 0) is 0 Å². The minimum atomic E-state index is -5.66. The third kappa shape index (κ3) is 5.97. The first kappa shape index (κ1) is 21.3. The zero-order valence-corrected chi connectivity index (χ0v) is 13.2. The second-order valence-electron chi connectivity index (χ2n) is 4.22. The van der Waals surface area contributed by atoms with Crippen molar-refractivity contribution in [2.45, 2.75) is 37.2 Å². The van der Waals surface area contributed by atoms with Crippen LogP contribution >= 0.6 is 0 Å². The van der Waals surface area contributed by atoms with Crippen LogP contribution < -0.4 is 3.48 Å². The molecule has 0 spiro atoms. The van der Waals surface area contributed by atoms with E-state index < -0.39 is 69.6 Å². The van der Waals surface area contributed by atoms with Gasteiger partial charge in [-0.3, -0.25) is 0 Å². The molecule has 16 heteroatoms. The van der Waals surface area contributed by atoms with E-state index in [-0.39, 0.29) is 0 Å². The van der Waals surface area contributed by atoms with Crippen LogP contribution in [0.25, 0.3) is 0 Å². The van der Waals surface area contributed by atoms with E-state index in [1.54, 1.807) is 0 Å². The fourth-order valence-corrected chi connectivity index (χ4v) is 5.55. The predicted molar refractivity (Wildman–Crippen MR) is 56.4 cm³/mol. The van der Waals surface area contributed by atoms with Crippen molar-refractivity contribution in [2.24, 2.45) is 6.30 Å². The van der Waals surface area contributed by atoms with Crippen molar-refractivity contribution in [3.05, 3.63) is 0 Å². The van der Waals surface area contributed by atoms with E-state index >= 15 is 0 Å². The number of hydrogen-bond donors (Lipinski definition) is 1. The molecule has 0 aliphatic carbocycles. The first-order chi connectivity index (χ1) is 10.4. The van der Waals surface area contributed by atoms with Gasteiger partial charge in [-0.25, -0.2) is 0 Å². The normalized spacial score (nSPS) is 19.3. The standard InChI is InChI=1S/C4F6N2.C4H4F6N.Sb/c5-3(6,7)1(11)2(12)4(8,9)10;5-3(6,7)1-2(11)4(8,9)10;/h;2,11H,1H2;/q-2;-1;+3. The number of nitrogens with one attached hydrogen (secondary N) is 1. The molecule has 1 heterocycles. The molecule has 24 heavy (non-hydrogen) atoms. The summed E-state index contributed by atoms with van der Waals surface area (Å²) < 4.78 is 154. The summed E-state index contributed by atoms with van der Waals surface area (Å²) in [6.45, 7) is 0. The fourth-order valence-electron chi connectivity index (χ4n) is 1.35. The minimum absolute atomic E-state index is 1.08. The average molecular weight is 492 g/mol.